The number of para-hydroxylation sites is 1. The maximum Gasteiger partial charge on any atom is 0.235 e. The van der Waals surface area contributed by atoms with Crippen LogP contribution in [0.1, 0.15) is 20.3 Å². The van der Waals surface area contributed by atoms with Crippen molar-refractivity contribution >= 4 is 57.5 Å². The van der Waals surface area contributed by atoms with Crippen molar-refractivity contribution in [2.24, 2.45) is 0 Å². The van der Waals surface area contributed by atoms with E-state index in [-0.39, 0.29) is 5.91 Å². The lowest BCUT2D eigenvalue weighted by Crippen LogP contribution is -2.34. The van der Waals surface area contributed by atoms with Gasteiger partial charge in [-0.15, -0.1) is 0 Å². The number of hydrogen-bond donors (Lipinski definition) is 0. The molecule has 0 radical (unpaired) electrons. The van der Waals surface area contributed by atoms with Gasteiger partial charge in [0.2, 0.25) is 11.9 Å². The fraction of sp³-hybridized carbons (Fsp3) is 0.300. The summed E-state index contributed by atoms with van der Waals surface area (Å²) in [5.74, 6) is 0.580. The third-order valence-electron chi connectivity index (χ3n) is 4.98. The Morgan fingerprint density at radius 1 is 1.15 bits per heavy atom. The molecule has 0 N–H and O–H groups in total. The van der Waals surface area contributed by atoms with Gasteiger partial charge in [-0.25, -0.2) is 9.88 Å². The number of benzene rings is 2. The molecule has 0 spiro atoms. The van der Waals surface area contributed by atoms with Crippen molar-refractivity contribution in [3.63, 3.8) is 0 Å². The molecule has 1 amide bonds. The number of aryl methyl sites for hydroxylation is 1. The lowest BCUT2D eigenvalue weighted by atomic mass is 10.2. The number of aromatic nitrogens is 2. The number of halogens is 2. The first kappa shape index (κ1) is 18.1. The van der Waals surface area contributed by atoms with Gasteiger partial charge in [0.15, 0.2) is 0 Å². The Balaban J connectivity index is 1.94. The summed E-state index contributed by atoms with van der Waals surface area (Å²) in [4.78, 5) is 21.5. The predicted octanol–water partition coefficient (Wildman–Crippen LogP) is 5.26. The molecule has 3 aromatic rings. The van der Waals surface area contributed by atoms with Crippen molar-refractivity contribution < 1.29 is 4.79 Å². The van der Waals surface area contributed by atoms with Crippen molar-refractivity contribution in [1.82, 2.24) is 9.55 Å². The Kier molecular flexibility index (Phi) is 4.74. The average Bonchev–Trinajstić information content (AvgIpc) is 3.03. The van der Waals surface area contributed by atoms with Gasteiger partial charge in [0.1, 0.15) is 0 Å². The number of hydrogen-bond acceptors (Lipinski definition) is 3. The topological polar surface area (TPSA) is 41.4 Å². The van der Waals surface area contributed by atoms with Crippen LogP contribution in [0.4, 0.5) is 17.3 Å². The Morgan fingerprint density at radius 2 is 1.93 bits per heavy atom. The maximum absolute atomic E-state index is 12.8. The van der Waals surface area contributed by atoms with E-state index in [4.69, 9.17) is 28.2 Å². The maximum atomic E-state index is 12.8. The third kappa shape index (κ3) is 2.95. The van der Waals surface area contributed by atoms with E-state index < -0.39 is 0 Å². The molecule has 4 rings (SSSR count). The summed E-state index contributed by atoms with van der Waals surface area (Å²) in [6, 6.07) is 11.3. The third-order valence-corrected chi connectivity index (χ3v) is 5.52. The van der Waals surface area contributed by atoms with Crippen LogP contribution >= 0.6 is 23.2 Å². The summed E-state index contributed by atoms with van der Waals surface area (Å²) < 4.78 is 2.12. The summed E-state index contributed by atoms with van der Waals surface area (Å²) in [5, 5.41) is 0.964. The molecule has 2 heterocycles. The number of amides is 1. The van der Waals surface area contributed by atoms with E-state index in [2.05, 4.69) is 29.4 Å². The zero-order valence-corrected chi connectivity index (χ0v) is 16.8. The molecule has 0 atom stereocenters. The fourth-order valence-corrected chi connectivity index (χ4v) is 4.18. The first-order valence-corrected chi connectivity index (χ1v) is 9.83. The minimum atomic E-state index is -0.0218. The molecule has 0 bridgehead atoms. The quantitative estimate of drug-likeness (QED) is 0.597. The summed E-state index contributed by atoms with van der Waals surface area (Å²) in [6.07, 6.45) is 0.393. The van der Waals surface area contributed by atoms with Gasteiger partial charge in [-0.2, -0.15) is 0 Å². The first-order valence-electron chi connectivity index (χ1n) is 9.07. The molecule has 2 aromatic carbocycles. The standard InChI is InChI=1S/C20H20Cl2N4O/c1-3-24(4-2)17-7-5-6-15-19(17)25-11-10-18(27)26(20(25)23-15)16-9-8-13(21)12-14(16)22/h5-9,12H,3-4,10-11H2,1-2H3. The first-order chi connectivity index (χ1) is 13.0. The van der Waals surface area contributed by atoms with Gasteiger partial charge in [0, 0.05) is 31.1 Å². The summed E-state index contributed by atoms with van der Waals surface area (Å²) in [6.45, 7) is 6.69. The zero-order valence-electron chi connectivity index (χ0n) is 15.2. The lowest BCUT2D eigenvalue weighted by Gasteiger charge is -2.29. The van der Waals surface area contributed by atoms with Gasteiger partial charge < -0.3 is 9.47 Å². The number of fused-ring (bicyclic) bond motifs is 3. The molecule has 0 aliphatic carbocycles. The Bertz CT molecular complexity index is 1030. The van der Waals surface area contributed by atoms with Gasteiger partial charge in [-0.1, -0.05) is 29.3 Å². The number of anilines is 3. The number of nitrogens with zero attached hydrogens (tertiary/aromatic N) is 4. The van der Waals surface area contributed by atoms with E-state index in [9.17, 15) is 4.79 Å². The second kappa shape index (κ2) is 7.06. The fourth-order valence-electron chi connectivity index (χ4n) is 3.69. The summed E-state index contributed by atoms with van der Waals surface area (Å²) >= 11 is 12.4. The zero-order chi connectivity index (χ0) is 19.1. The highest BCUT2D eigenvalue weighted by Gasteiger charge is 2.31. The van der Waals surface area contributed by atoms with Crippen molar-refractivity contribution in [2.45, 2.75) is 26.8 Å². The van der Waals surface area contributed by atoms with Crippen LogP contribution in [0.15, 0.2) is 36.4 Å². The van der Waals surface area contributed by atoms with E-state index in [1.807, 2.05) is 12.1 Å². The number of rotatable bonds is 4. The Morgan fingerprint density at radius 3 is 2.63 bits per heavy atom. The Hall–Kier alpha value is -2.24. The van der Waals surface area contributed by atoms with E-state index in [0.717, 1.165) is 29.8 Å². The molecular formula is C20H20Cl2N4O. The van der Waals surface area contributed by atoms with Crippen LogP contribution in [-0.4, -0.2) is 28.5 Å². The van der Waals surface area contributed by atoms with Crippen LogP contribution in [0.5, 0.6) is 0 Å². The van der Waals surface area contributed by atoms with Crippen molar-refractivity contribution in [1.29, 1.82) is 0 Å². The highest BCUT2D eigenvalue weighted by atomic mass is 35.5. The van der Waals surface area contributed by atoms with Crippen molar-refractivity contribution in [3.05, 3.63) is 46.4 Å². The molecule has 0 unspecified atom stereocenters. The van der Waals surface area contributed by atoms with Crippen molar-refractivity contribution in [2.75, 3.05) is 22.9 Å². The lowest BCUT2D eigenvalue weighted by molar-refractivity contribution is -0.118. The number of carbonyl (C=O) groups excluding carboxylic acids is 1. The second-order valence-corrected chi connectivity index (χ2v) is 7.30. The largest absolute Gasteiger partial charge is 0.370 e. The minimum Gasteiger partial charge on any atom is -0.370 e. The minimum absolute atomic E-state index is 0.0218. The van der Waals surface area contributed by atoms with Crippen LogP contribution in [0.2, 0.25) is 10.0 Å². The van der Waals surface area contributed by atoms with Crippen LogP contribution < -0.4 is 9.80 Å². The molecule has 0 saturated heterocycles. The average molecular weight is 403 g/mol. The molecular weight excluding hydrogens is 383 g/mol. The SMILES string of the molecule is CCN(CC)c1cccc2nc3n(c12)CCC(=O)N3c1ccc(Cl)cc1Cl. The van der Waals surface area contributed by atoms with E-state index in [0.29, 0.717) is 34.6 Å². The van der Waals surface area contributed by atoms with E-state index in [1.54, 1.807) is 23.1 Å². The van der Waals surface area contributed by atoms with Gasteiger partial charge in [0.25, 0.3) is 0 Å². The molecule has 5 nitrogen and oxygen atoms in total. The number of carbonyl (C=O) groups is 1. The summed E-state index contributed by atoms with van der Waals surface area (Å²) in [5.41, 5.74) is 3.66. The van der Waals surface area contributed by atoms with Crippen LogP contribution in [0.25, 0.3) is 11.0 Å². The Labute approximate surface area is 168 Å². The monoisotopic (exact) mass is 402 g/mol. The second-order valence-electron chi connectivity index (χ2n) is 6.46. The summed E-state index contributed by atoms with van der Waals surface area (Å²) in [7, 11) is 0. The van der Waals surface area contributed by atoms with Gasteiger partial charge in [-0.3, -0.25) is 4.79 Å². The molecule has 27 heavy (non-hydrogen) atoms. The molecule has 0 saturated carbocycles. The van der Waals surface area contributed by atoms with Crippen molar-refractivity contribution in [3.8, 4) is 0 Å². The van der Waals surface area contributed by atoms with Crippen LogP contribution in [-0.2, 0) is 11.3 Å². The van der Waals surface area contributed by atoms with Crippen LogP contribution in [0.3, 0.4) is 0 Å². The molecule has 7 heteroatoms. The predicted molar refractivity (Wildman–Crippen MR) is 112 cm³/mol. The van der Waals surface area contributed by atoms with E-state index in [1.165, 1.54) is 0 Å². The molecule has 1 aromatic heterocycles. The molecule has 140 valence electrons. The molecule has 1 aliphatic heterocycles. The van der Waals surface area contributed by atoms with Gasteiger partial charge in [-0.05, 0) is 44.2 Å². The normalized spacial score (nSPS) is 13.9. The molecule has 1 aliphatic rings. The van der Waals surface area contributed by atoms with Gasteiger partial charge in [0.05, 0.1) is 27.4 Å². The smallest absolute Gasteiger partial charge is 0.235 e. The van der Waals surface area contributed by atoms with Crippen LogP contribution in [0, 0.1) is 0 Å². The van der Waals surface area contributed by atoms with Gasteiger partial charge >= 0.3 is 0 Å². The van der Waals surface area contributed by atoms with E-state index >= 15 is 0 Å². The number of imidazole rings is 1. The highest BCUT2D eigenvalue weighted by Crippen LogP contribution is 2.39. The molecule has 0 fully saturated rings. The highest BCUT2D eigenvalue weighted by molar-refractivity contribution is 6.37.